The second-order valence-electron chi connectivity index (χ2n) is 4.88. The van der Waals surface area contributed by atoms with Crippen LogP contribution in [-0.2, 0) is 4.79 Å². The topological polar surface area (TPSA) is 78.4 Å². The fourth-order valence-electron chi connectivity index (χ4n) is 1.69. The predicted octanol–water partition coefficient (Wildman–Crippen LogP) is 0.429. The zero-order chi connectivity index (χ0) is 15.1. The summed E-state index contributed by atoms with van der Waals surface area (Å²) in [5, 5.41) is 14.0. The Morgan fingerprint density at radius 3 is 2.57 bits per heavy atom. The Bertz CT molecular complexity index is 565. The molecule has 2 rings (SSSR count). The first-order valence-corrected chi connectivity index (χ1v) is 6.96. The van der Waals surface area contributed by atoms with Crippen LogP contribution in [0.15, 0.2) is 24.3 Å². The molecular weight excluding hydrogens is 268 g/mol. The van der Waals surface area contributed by atoms with E-state index in [2.05, 4.69) is 22.5 Å². The number of carbonyl (C=O) groups excluding carboxylic acids is 2. The fourth-order valence-corrected chi connectivity index (χ4v) is 1.69. The van der Waals surface area contributed by atoms with Gasteiger partial charge in [-0.05, 0) is 37.1 Å². The lowest BCUT2D eigenvalue weighted by atomic mass is 10.1. The molecule has 0 unspecified atom stereocenters. The second-order valence-corrected chi connectivity index (χ2v) is 4.88. The molecule has 0 bridgehead atoms. The van der Waals surface area contributed by atoms with E-state index in [1.807, 2.05) is 0 Å². The molecular formula is C16H18N2O3. The molecule has 2 amide bonds. The van der Waals surface area contributed by atoms with Gasteiger partial charge in [0.15, 0.2) is 0 Å². The van der Waals surface area contributed by atoms with Crippen LogP contribution < -0.4 is 10.6 Å². The quantitative estimate of drug-likeness (QED) is 0.687. The van der Waals surface area contributed by atoms with Crippen LogP contribution in [0, 0.1) is 11.8 Å². The molecule has 21 heavy (non-hydrogen) atoms. The van der Waals surface area contributed by atoms with E-state index >= 15 is 0 Å². The molecule has 1 aromatic carbocycles. The van der Waals surface area contributed by atoms with Crippen LogP contribution in [0.4, 0.5) is 0 Å². The van der Waals surface area contributed by atoms with Crippen molar-refractivity contribution in [1.29, 1.82) is 0 Å². The summed E-state index contributed by atoms with van der Waals surface area (Å²) in [5.41, 5.74) is 1.27. The van der Waals surface area contributed by atoms with Gasteiger partial charge in [-0.3, -0.25) is 9.59 Å². The molecule has 1 aliphatic rings. The largest absolute Gasteiger partial charge is 0.395 e. The minimum absolute atomic E-state index is 0.00656. The van der Waals surface area contributed by atoms with Gasteiger partial charge in [0.1, 0.15) is 0 Å². The van der Waals surface area contributed by atoms with Gasteiger partial charge in [0.25, 0.3) is 5.91 Å². The van der Waals surface area contributed by atoms with Crippen molar-refractivity contribution < 1.29 is 14.7 Å². The summed E-state index contributed by atoms with van der Waals surface area (Å²) in [6.45, 7) is 0.0315. The number of hydrogen-bond acceptors (Lipinski definition) is 3. The van der Waals surface area contributed by atoms with Gasteiger partial charge in [0.2, 0.25) is 5.91 Å². The lowest BCUT2D eigenvalue weighted by Crippen LogP contribution is -2.37. The summed E-state index contributed by atoms with van der Waals surface area (Å²) in [6, 6.07) is 7.10. The molecule has 5 nitrogen and oxygen atoms in total. The van der Waals surface area contributed by atoms with Crippen LogP contribution in [0.2, 0.25) is 0 Å². The molecule has 0 spiro atoms. The Balaban J connectivity index is 1.81. The third-order valence-electron chi connectivity index (χ3n) is 2.97. The first kappa shape index (κ1) is 15.1. The maximum absolute atomic E-state index is 11.9. The smallest absolute Gasteiger partial charge is 0.251 e. The van der Waals surface area contributed by atoms with Gasteiger partial charge in [0.05, 0.1) is 13.2 Å². The van der Waals surface area contributed by atoms with Gasteiger partial charge >= 0.3 is 0 Å². The zero-order valence-electron chi connectivity index (χ0n) is 11.7. The summed E-state index contributed by atoms with van der Waals surface area (Å²) in [6.07, 6.45) is 2.48. The van der Waals surface area contributed by atoms with Crippen molar-refractivity contribution in [3.63, 3.8) is 0 Å². The van der Waals surface area contributed by atoms with Gasteiger partial charge < -0.3 is 15.7 Å². The Hall–Kier alpha value is -2.32. The van der Waals surface area contributed by atoms with Gasteiger partial charge in [-0.15, -0.1) is 0 Å². The standard InChI is InChI=1S/C16H18N2O3/c19-10-2-1-3-12-4-6-13(7-5-12)16(21)17-11-15(20)18-14-8-9-14/h4-7,14,19H,2,8-11H2,(H,17,21)(H,18,20). The van der Waals surface area contributed by atoms with E-state index in [4.69, 9.17) is 5.11 Å². The van der Waals surface area contributed by atoms with Crippen LogP contribution in [0.1, 0.15) is 35.2 Å². The van der Waals surface area contributed by atoms with Crippen molar-refractivity contribution in [2.45, 2.75) is 25.3 Å². The van der Waals surface area contributed by atoms with Crippen LogP contribution in [0.3, 0.4) is 0 Å². The van der Waals surface area contributed by atoms with Gasteiger partial charge in [-0.2, -0.15) is 0 Å². The number of carbonyl (C=O) groups is 2. The molecule has 0 radical (unpaired) electrons. The zero-order valence-corrected chi connectivity index (χ0v) is 11.7. The third-order valence-corrected chi connectivity index (χ3v) is 2.97. The second kappa shape index (κ2) is 7.46. The van der Waals surface area contributed by atoms with Gasteiger partial charge in [-0.25, -0.2) is 0 Å². The van der Waals surface area contributed by atoms with Gasteiger partial charge in [0, 0.05) is 23.6 Å². The van der Waals surface area contributed by atoms with Crippen molar-refractivity contribution in [3.05, 3.63) is 35.4 Å². The summed E-state index contributed by atoms with van der Waals surface area (Å²) in [4.78, 5) is 23.3. The Morgan fingerprint density at radius 2 is 1.95 bits per heavy atom. The van der Waals surface area contributed by atoms with Crippen molar-refractivity contribution >= 4 is 11.8 Å². The van der Waals surface area contributed by atoms with E-state index in [0.717, 1.165) is 18.4 Å². The summed E-state index contributed by atoms with van der Waals surface area (Å²) in [5.74, 6) is 5.26. The fraction of sp³-hybridized carbons (Fsp3) is 0.375. The van der Waals surface area contributed by atoms with E-state index in [9.17, 15) is 9.59 Å². The van der Waals surface area contributed by atoms with Crippen molar-refractivity contribution in [2.24, 2.45) is 0 Å². The number of hydrogen-bond donors (Lipinski definition) is 3. The number of benzene rings is 1. The molecule has 5 heteroatoms. The van der Waals surface area contributed by atoms with E-state index in [1.54, 1.807) is 24.3 Å². The number of aliphatic hydroxyl groups is 1. The molecule has 0 heterocycles. The number of aliphatic hydroxyl groups excluding tert-OH is 1. The van der Waals surface area contributed by atoms with Crippen molar-refractivity contribution in [2.75, 3.05) is 13.2 Å². The summed E-state index contributed by atoms with van der Waals surface area (Å²) >= 11 is 0. The molecule has 0 atom stereocenters. The first-order valence-electron chi connectivity index (χ1n) is 6.96. The monoisotopic (exact) mass is 286 g/mol. The van der Waals surface area contributed by atoms with Crippen molar-refractivity contribution in [1.82, 2.24) is 10.6 Å². The lowest BCUT2D eigenvalue weighted by Gasteiger charge is -2.06. The molecule has 1 fully saturated rings. The summed E-state index contributed by atoms with van der Waals surface area (Å²) in [7, 11) is 0. The lowest BCUT2D eigenvalue weighted by molar-refractivity contribution is -0.120. The first-order chi connectivity index (χ1) is 10.2. The molecule has 110 valence electrons. The Labute approximate surface area is 123 Å². The SMILES string of the molecule is O=C(CNC(=O)c1ccc(C#CCCO)cc1)NC1CC1. The molecule has 0 aliphatic heterocycles. The van der Waals surface area contributed by atoms with Gasteiger partial charge in [-0.1, -0.05) is 11.8 Å². The van der Waals surface area contributed by atoms with Crippen molar-refractivity contribution in [3.8, 4) is 11.8 Å². The maximum atomic E-state index is 11.9. The molecule has 1 aromatic rings. The molecule has 0 aromatic heterocycles. The molecule has 0 saturated heterocycles. The normalized spacial score (nSPS) is 13.0. The number of nitrogens with one attached hydrogen (secondary N) is 2. The summed E-state index contributed by atoms with van der Waals surface area (Å²) < 4.78 is 0. The average Bonchev–Trinajstić information content (AvgIpc) is 3.30. The minimum Gasteiger partial charge on any atom is -0.395 e. The van der Waals surface area contributed by atoms with E-state index in [-0.39, 0.29) is 25.0 Å². The maximum Gasteiger partial charge on any atom is 0.251 e. The van der Waals surface area contributed by atoms with E-state index < -0.39 is 0 Å². The highest BCUT2D eigenvalue weighted by Crippen LogP contribution is 2.18. The van der Waals surface area contributed by atoms with E-state index in [0.29, 0.717) is 18.0 Å². The highest BCUT2D eigenvalue weighted by atomic mass is 16.2. The predicted molar refractivity (Wildman–Crippen MR) is 78.5 cm³/mol. The molecule has 1 aliphatic carbocycles. The molecule has 1 saturated carbocycles. The van der Waals surface area contributed by atoms with Crippen LogP contribution in [-0.4, -0.2) is 36.1 Å². The third kappa shape index (κ3) is 5.28. The van der Waals surface area contributed by atoms with Crippen LogP contribution >= 0.6 is 0 Å². The highest BCUT2D eigenvalue weighted by molar-refractivity contribution is 5.96. The van der Waals surface area contributed by atoms with Crippen LogP contribution in [0.5, 0.6) is 0 Å². The average molecular weight is 286 g/mol. The molecule has 3 N–H and O–H groups in total. The van der Waals surface area contributed by atoms with Crippen LogP contribution in [0.25, 0.3) is 0 Å². The number of amides is 2. The Morgan fingerprint density at radius 1 is 1.24 bits per heavy atom. The van der Waals surface area contributed by atoms with E-state index in [1.165, 1.54) is 0 Å². The number of rotatable bonds is 5. The highest BCUT2D eigenvalue weighted by Gasteiger charge is 2.23. The minimum atomic E-state index is -0.282. The Kier molecular flexibility index (Phi) is 5.35.